The first kappa shape index (κ1) is 33.5. The summed E-state index contributed by atoms with van der Waals surface area (Å²) in [6, 6.07) is 16.0. The zero-order valence-corrected chi connectivity index (χ0v) is 29.0. The highest BCUT2D eigenvalue weighted by atomic mass is 35.5. The molecular formula is C34H29Cl2F2N9O3S. The Morgan fingerprint density at radius 1 is 0.922 bits per heavy atom. The van der Waals surface area contributed by atoms with Gasteiger partial charge in [0.15, 0.2) is 11.6 Å². The number of β-amino-alcohol motifs (C(OH)–C–C–N with tert-alkyl or cyclic N) is 1. The Morgan fingerprint density at radius 2 is 1.71 bits per heavy atom. The molecule has 5 heterocycles. The van der Waals surface area contributed by atoms with E-state index < -0.39 is 33.0 Å². The number of hydrogen-bond acceptors (Lipinski definition) is 10. The number of hydrogen-bond donors (Lipinski definition) is 3. The molecule has 6 aromatic rings. The molecule has 2 bridgehead atoms. The molecule has 3 aromatic heterocycles. The van der Waals surface area contributed by atoms with Crippen LogP contribution < -0.4 is 14.9 Å². The van der Waals surface area contributed by atoms with Gasteiger partial charge in [0.05, 0.1) is 39.1 Å². The maximum Gasteiger partial charge on any atom is 0.263 e. The predicted molar refractivity (Wildman–Crippen MR) is 192 cm³/mol. The van der Waals surface area contributed by atoms with Crippen LogP contribution in [0.15, 0.2) is 78.2 Å². The largest absolute Gasteiger partial charge is 0.395 e. The van der Waals surface area contributed by atoms with E-state index >= 15 is 8.78 Å². The highest BCUT2D eigenvalue weighted by Crippen LogP contribution is 2.39. The monoisotopic (exact) mass is 751 g/mol. The molecule has 2 unspecified atom stereocenters. The molecular weight excluding hydrogens is 723 g/mol. The third kappa shape index (κ3) is 5.98. The molecule has 2 atom stereocenters. The van der Waals surface area contributed by atoms with Crippen molar-refractivity contribution in [3.63, 3.8) is 0 Å². The van der Waals surface area contributed by atoms with Crippen molar-refractivity contribution >= 4 is 78.2 Å². The number of para-hydroxylation sites is 1. The molecule has 17 heteroatoms. The highest BCUT2D eigenvalue weighted by molar-refractivity contribution is 7.92. The number of nitrogens with zero attached hydrogens (tertiary/aromatic N) is 7. The van der Waals surface area contributed by atoms with Gasteiger partial charge in [0.1, 0.15) is 45.9 Å². The van der Waals surface area contributed by atoms with Gasteiger partial charge in [0.25, 0.3) is 10.0 Å². The summed E-state index contributed by atoms with van der Waals surface area (Å²) >= 11 is 12.1. The number of sulfonamides is 1. The Bertz CT molecular complexity index is 2420. The van der Waals surface area contributed by atoms with Gasteiger partial charge >= 0.3 is 0 Å². The van der Waals surface area contributed by atoms with E-state index in [2.05, 4.69) is 35.9 Å². The van der Waals surface area contributed by atoms with Crippen molar-refractivity contribution in [3.05, 3.63) is 95.0 Å². The van der Waals surface area contributed by atoms with Crippen LogP contribution >= 0.6 is 23.2 Å². The molecule has 2 aliphatic heterocycles. The van der Waals surface area contributed by atoms with Crippen LogP contribution in [0.4, 0.5) is 31.7 Å². The number of rotatable bonds is 9. The van der Waals surface area contributed by atoms with E-state index in [1.807, 2.05) is 16.7 Å². The number of pyridine rings is 1. The van der Waals surface area contributed by atoms with E-state index in [9.17, 15) is 13.5 Å². The molecule has 3 N–H and O–H groups in total. The molecule has 0 aliphatic carbocycles. The summed E-state index contributed by atoms with van der Waals surface area (Å²) in [7, 11) is -4.41. The third-order valence-corrected chi connectivity index (χ3v) is 11.6. The second-order valence-corrected chi connectivity index (χ2v) is 14.8. The van der Waals surface area contributed by atoms with Crippen LogP contribution in [0.1, 0.15) is 12.8 Å². The lowest BCUT2D eigenvalue weighted by atomic mass is 10.1. The third-order valence-electron chi connectivity index (χ3n) is 9.31. The summed E-state index contributed by atoms with van der Waals surface area (Å²) in [6.07, 6.45) is 5.04. The number of likely N-dealkylation sites (tertiary alicyclic amines) is 1. The zero-order valence-electron chi connectivity index (χ0n) is 26.6. The average Bonchev–Trinajstić information content (AvgIpc) is 3.67. The highest BCUT2D eigenvalue weighted by Gasteiger charge is 2.40. The zero-order chi connectivity index (χ0) is 35.4. The quantitative estimate of drug-likeness (QED) is 0.158. The number of halogens is 4. The molecule has 0 saturated carbocycles. The summed E-state index contributed by atoms with van der Waals surface area (Å²) < 4.78 is 61.2. The minimum Gasteiger partial charge on any atom is -0.395 e. The van der Waals surface area contributed by atoms with Crippen molar-refractivity contribution in [1.82, 2.24) is 29.4 Å². The van der Waals surface area contributed by atoms with Crippen molar-refractivity contribution in [1.29, 1.82) is 0 Å². The van der Waals surface area contributed by atoms with E-state index in [-0.39, 0.29) is 32.9 Å². The van der Waals surface area contributed by atoms with Crippen LogP contribution in [0.3, 0.4) is 0 Å². The normalized spacial score (nSPS) is 17.8. The summed E-state index contributed by atoms with van der Waals surface area (Å²) in [5.74, 6) is -1.77. The van der Waals surface area contributed by atoms with Gasteiger partial charge in [0, 0.05) is 31.7 Å². The summed E-state index contributed by atoms with van der Waals surface area (Å²) in [6.45, 7) is 2.56. The summed E-state index contributed by atoms with van der Waals surface area (Å²) in [5, 5.41) is 11.9. The predicted octanol–water partition coefficient (Wildman–Crippen LogP) is 6.14. The molecule has 0 amide bonds. The fraction of sp³-hybridized carbons (Fsp3) is 0.235. The van der Waals surface area contributed by atoms with Crippen molar-refractivity contribution in [3.8, 4) is 5.82 Å². The summed E-state index contributed by atoms with van der Waals surface area (Å²) in [4.78, 5) is 22.5. The van der Waals surface area contributed by atoms with Crippen molar-refractivity contribution in [2.75, 3.05) is 41.2 Å². The number of aromatic nitrogens is 5. The van der Waals surface area contributed by atoms with Crippen molar-refractivity contribution < 1.29 is 22.3 Å². The molecule has 0 spiro atoms. The first-order chi connectivity index (χ1) is 24.6. The molecule has 2 fully saturated rings. The molecule has 51 heavy (non-hydrogen) atoms. The second kappa shape index (κ2) is 13.1. The van der Waals surface area contributed by atoms with E-state index in [1.165, 1.54) is 24.5 Å². The first-order valence-electron chi connectivity index (χ1n) is 16.0. The lowest BCUT2D eigenvalue weighted by molar-refractivity contribution is 0.168. The molecule has 0 radical (unpaired) electrons. The molecule has 12 nitrogen and oxygen atoms in total. The number of benzene rings is 3. The fourth-order valence-corrected chi connectivity index (χ4v) is 8.86. The smallest absolute Gasteiger partial charge is 0.263 e. The van der Waals surface area contributed by atoms with Gasteiger partial charge in [-0.1, -0.05) is 35.3 Å². The van der Waals surface area contributed by atoms with Crippen LogP contribution in [0.2, 0.25) is 10.0 Å². The van der Waals surface area contributed by atoms with Crippen LogP contribution in [-0.4, -0.2) is 81.3 Å². The first-order valence-corrected chi connectivity index (χ1v) is 18.3. The van der Waals surface area contributed by atoms with E-state index in [0.29, 0.717) is 30.0 Å². The number of fused-ring (bicyclic) bond motifs is 4. The van der Waals surface area contributed by atoms with Crippen LogP contribution in [-0.2, 0) is 10.0 Å². The summed E-state index contributed by atoms with van der Waals surface area (Å²) in [5.41, 5.74) is 2.08. The molecule has 262 valence electrons. The minimum absolute atomic E-state index is 0.00613. The number of imidazole rings is 1. The lowest BCUT2D eigenvalue weighted by Crippen LogP contribution is -2.54. The van der Waals surface area contributed by atoms with Gasteiger partial charge in [-0.2, -0.15) is 0 Å². The lowest BCUT2D eigenvalue weighted by Gasteiger charge is -2.42. The Hall–Kier alpha value is -4.67. The molecule has 2 aliphatic rings. The number of anilines is 4. The van der Waals surface area contributed by atoms with Gasteiger partial charge in [-0.3, -0.25) is 14.2 Å². The minimum atomic E-state index is -4.41. The van der Waals surface area contributed by atoms with Crippen LogP contribution in [0.5, 0.6) is 0 Å². The van der Waals surface area contributed by atoms with Crippen molar-refractivity contribution in [2.24, 2.45) is 0 Å². The topological polar surface area (TPSA) is 141 Å². The van der Waals surface area contributed by atoms with Gasteiger partial charge < -0.3 is 15.3 Å². The van der Waals surface area contributed by atoms with Gasteiger partial charge in [-0.05, 0) is 61.4 Å². The number of aliphatic hydroxyl groups is 1. The maximum atomic E-state index is 15.9. The van der Waals surface area contributed by atoms with Crippen LogP contribution in [0.25, 0.3) is 27.9 Å². The standard InChI is InChI=1S/C34H29Cl2F2N9O3S/c35-21-3-1-6-27(29(21)36)51(49,50)44-23-10-9-22(37)31(30(23)38)43-34-32-24(39-17-40-34)11-12-28(42-32)46-18-41-33-25(46)4-2-5-26(33)47-19-7-8-20(47)16-45(15-19)13-14-48/h1-6,9-12,17-20,44,48H,7-8,13-16H2,(H,39,40,43). The second-order valence-electron chi connectivity index (χ2n) is 12.4. The maximum absolute atomic E-state index is 15.9. The van der Waals surface area contributed by atoms with Gasteiger partial charge in [0.2, 0.25) is 0 Å². The molecule has 2 saturated heterocycles. The number of piperazine rings is 1. The van der Waals surface area contributed by atoms with Crippen LogP contribution in [0, 0.1) is 11.6 Å². The van der Waals surface area contributed by atoms with E-state index in [0.717, 1.165) is 54.8 Å². The SMILES string of the molecule is O=S(=O)(Nc1ccc(F)c(Nc2ncnc3ccc(-n4cnc5c(N6C7CCC6CN(CCO)C7)cccc54)nc23)c1F)c1cccc(Cl)c1Cl. The Balaban J connectivity index is 1.12. The molecule has 8 rings (SSSR count). The number of nitrogens with one attached hydrogen (secondary N) is 2. The molecule has 3 aromatic carbocycles. The van der Waals surface area contributed by atoms with E-state index in [4.69, 9.17) is 33.2 Å². The Labute approximate surface area is 300 Å². The fourth-order valence-electron chi connectivity index (χ4n) is 7.03. The Kier molecular flexibility index (Phi) is 8.63. The average molecular weight is 753 g/mol. The van der Waals surface area contributed by atoms with Crippen molar-refractivity contribution in [2.45, 2.75) is 29.8 Å². The van der Waals surface area contributed by atoms with Gasteiger partial charge in [-0.25, -0.2) is 37.1 Å². The Morgan fingerprint density at radius 3 is 2.49 bits per heavy atom. The van der Waals surface area contributed by atoms with Gasteiger partial charge in [-0.15, -0.1) is 0 Å². The van der Waals surface area contributed by atoms with E-state index in [1.54, 1.807) is 18.5 Å². The number of aliphatic hydroxyl groups excluding tert-OH is 1.